The summed E-state index contributed by atoms with van der Waals surface area (Å²) in [4.78, 5) is 28.5. The SMILES string of the molecule is CC[C@@H](NC(=O)COC(=O)c1ccc2ncsc2c1)c1ccc(C)cc1. The van der Waals surface area contributed by atoms with Gasteiger partial charge in [-0.3, -0.25) is 4.79 Å². The molecule has 134 valence electrons. The Hall–Kier alpha value is -2.73. The predicted molar refractivity (Wildman–Crippen MR) is 102 cm³/mol. The van der Waals surface area contributed by atoms with Crippen molar-refractivity contribution < 1.29 is 14.3 Å². The molecule has 0 aliphatic carbocycles. The molecule has 0 saturated heterocycles. The number of amides is 1. The molecule has 0 fully saturated rings. The molecule has 1 amide bonds. The van der Waals surface area contributed by atoms with Crippen molar-refractivity contribution in [3.05, 3.63) is 64.7 Å². The van der Waals surface area contributed by atoms with Crippen LogP contribution in [0.15, 0.2) is 48.0 Å². The van der Waals surface area contributed by atoms with E-state index in [0.717, 1.165) is 22.2 Å². The molecule has 0 aliphatic heterocycles. The second kappa shape index (κ2) is 8.10. The van der Waals surface area contributed by atoms with E-state index in [2.05, 4.69) is 10.3 Å². The fourth-order valence-electron chi connectivity index (χ4n) is 2.65. The van der Waals surface area contributed by atoms with Crippen LogP contribution in [-0.4, -0.2) is 23.5 Å². The summed E-state index contributed by atoms with van der Waals surface area (Å²) in [5.74, 6) is -0.830. The first-order chi connectivity index (χ1) is 12.6. The summed E-state index contributed by atoms with van der Waals surface area (Å²) in [5, 5.41) is 2.91. The molecule has 1 heterocycles. The largest absolute Gasteiger partial charge is 0.452 e. The number of hydrogen-bond acceptors (Lipinski definition) is 5. The van der Waals surface area contributed by atoms with E-state index in [1.807, 2.05) is 38.1 Å². The molecule has 3 aromatic rings. The summed E-state index contributed by atoms with van der Waals surface area (Å²) in [6, 6.07) is 13.1. The van der Waals surface area contributed by atoms with Crippen LogP contribution in [0, 0.1) is 6.92 Å². The second-order valence-electron chi connectivity index (χ2n) is 6.05. The van der Waals surface area contributed by atoms with Crippen molar-refractivity contribution in [3.8, 4) is 0 Å². The van der Waals surface area contributed by atoms with Gasteiger partial charge in [0.15, 0.2) is 6.61 Å². The van der Waals surface area contributed by atoms with Gasteiger partial charge in [-0.25, -0.2) is 9.78 Å². The first-order valence-electron chi connectivity index (χ1n) is 8.43. The van der Waals surface area contributed by atoms with Crippen LogP contribution in [0.25, 0.3) is 10.2 Å². The molecule has 0 unspecified atom stereocenters. The van der Waals surface area contributed by atoms with Gasteiger partial charge in [-0.15, -0.1) is 11.3 Å². The van der Waals surface area contributed by atoms with E-state index in [-0.39, 0.29) is 18.6 Å². The number of aromatic nitrogens is 1. The minimum atomic E-state index is -0.515. The third-order valence-electron chi connectivity index (χ3n) is 4.12. The number of carbonyl (C=O) groups is 2. The zero-order valence-electron chi connectivity index (χ0n) is 14.7. The van der Waals surface area contributed by atoms with Gasteiger partial charge in [0.2, 0.25) is 0 Å². The van der Waals surface area contributed by atoms with Gasteiger partial charge in [0.05, 0.1) is 27.3 Å². The molecule has 2 aromatic carbocycles. The molecule has 6 heteroatoms. The first-order valence-corrected chi connectivity index (χ1v) is 9.31. The predicted octanol–water partition coefficient (Wildman–Crippen LogP) is 4.03. The number of hydrogen-bond donors (Lipinski definition) is 1. The molecule has 1 aromatic heterocycles. The Labute approximate surface area is 156 Å². The van der Waals surface area contributed by atoms with Gasteiger partial charge < -0.3 is 10.1 Å². The van der Waals surface area contributed by atoms with Crippen LogP contribution in [0.2, 0.25) is 0 Å². The van der Waals surface area contributed by atoms with Crippen molar-refractivity contribution in [1.29, 1.82) is 0 Å². The number of nitrogens with one attached hydrogen (secondary N) is 1. The van der Waals surface area contributed by atoms with Crippen LogP contribution in [-0.2, 0) is 9.53 Å². The highest BCUT2D eigenvalue weighted by atomic mass is 32.1. The van der Waals surface area contributed by atoms with Gasteiger partial charge in [0.1, 0.15) is 0 Å². The first kappa shape index (κ1) is 18.1. The van der Waals surface area contributed by atoms with Crippen molar-refractivity contribution in [1.82, 2.24) is 10.3 Å². The molecule has 5 nitrogen and oxygen atoms in total. The Balaban J connectivity index is 1.57. The van der Waals surface area contributed by atoms with E-state index < -0.39 is 5.97 Å². The van der Waals surface area contributed by atoms with Gasteiger partial charge >= 0.3 is 5.97 Å². The number of ether oxygens (including phenoxy) is 1. The summed E-state index contributed by atoms with van der Waals surface area (Å²) in [6.07, 6.45) is 0.755. The maximum Gasteiger partial charge on any atom is 0.338 e. The topological polar surface area (TPSA) is 68.3 Å². The summed E-state index contributed by atoms with van der Waals surface area (Å²) < 4.78 is 6.06. The average Bonchev–Trinajstić information content (AvgIpc) is 3.12. The van der Waals surface area contributed by atoms with Crippen molar-refractivity contribution >= 4 is 33.4 Å². The molecule has 1 atom stereocenters. The molecule has 0 aliphatic rings. The summed E-state index contributed by atoms with van der Waals surface area (Å²) in [7, 11) is 0. The van der Waals surface area contributed by atoms with Gasteiger partial charge in [-0.1, -0.05) is 36.8 Å². The maximum atomic E-state index is 12.2. The molecule has 0 spiro atoms. The highest BCUT2D eigenvalue weighted by molar-refractivity contribution is 7.16. The van der Waals surface area contributed by atoms with Gasteiger partial charge in [0.25, 0.3) is 5.91 Å². The maximum absolute atomic E-state index is 12.2. The van der Waals surface area contributed by atoms with E-state index in [0.29, 0.717) is 5.56 Å². The third kappa shape index (κ3) is 4.26. The Kier molecular flexibility index (Phi) is 5.63. The molecule has 0 saturated carbocycles. The molecule has 0 bridgehead atoms. The van der Waals surface area contributed by atoms with E-state index >= 15 is 0 Å². The van der Waals surface area contributed by atoms with Crippen molar-refractivity contribution in [2.45, 2.75) is 26.3 Å². The van der Waals surface area contributed by atoms with Crippen molar-refractivity contribution in [3.63, 3.8) is 0 Å². The Morgan fingerprint density at radius 2 is 1.96 bits per heavy atom. The average molecular weight is 368 g/mol. The third-order valence-corrected chi connectivity index (χ3v) is 4.92. The van der Waals surface area contributed by atoms with Crippen molar-refractivity contribution in [2.24, 2.45) is 0 Å². The number of aryl methyl sites for hydroxylation is 1. The van der Waals surface area contributed by atoms with Crippen molar-refractivity contribution in [2.75, 3.05) is 6.61 Å². The molecule has 3 rings (SSSR count). The van der Waals surface area contributed by atoms with Crippen LogP contribution in [0.1, 0.15) is 40.9 Å². The van der Waals surface area contributed by atoms with Gasteiger partial charge in [-0.2, -0.15) is 0 Å². The van der Waals surface area contributed by atoms with Gasteiger partial charge in [-0.05, 0) is 37.1 Å². The lowest BCUT2D eigenvalue weighted by Crippen LogP contribution is -2.32. The minimum absolute atomic E-state index is 0.102. The van der Waals surface area contributed by atoms with Crippen LogP contribution < -0.4 is 5.32 Å². The van der Waals surface area contributed by atoms with Crippen LogP contribution in [0.3, 0.4) is 0 Å². The summed E-state index contributed by atoms with van der Waals surface area (Å²) in [5.41, 5.74) is 5.19. The Bertz CT molecular complexity index is 918. The number of carbonyl (C=O) groups excluding carboxylic acids is 2. The second-order valence-corrected chi connectivity index (χ2v) is 6.94. The monoisotopic (exact) mass is 368 g/mol. The van der Waals surface area contributed by atoms with Crippen LogP contribution >= 0.6 is 11.3 Å². The lowest BCUT2D eigenvalue weighted by molar-refractivity contribution is -0.125. The summed E-state index contributed by atoms with van der Waals surface area (Å²) in [6.45, 7) is 3.72. The van der Waals surface area contributed by atoms with E-state index in [9.17, 15) is 9.59 Å². The molecular formula is C20H20N2O3S. The highest BCUT2D eigenvalue weighted by Crippen LogP contribution is 2.20. The molecule has 26 heavy (non-hydrogen) atoms. The number of nitrogens with zero attached hydrogens (tertiary/aromatic N) is 1. The summed E-state index contributed by atoms with van der Waals surface area (Å²) >= 11 is 1.46. The van der Waals surface area contributed by atoms with E-state index in [4.69, 9.17) is 4.74 Å². The number of benzene rings is 2. The number of esters is 1. The Morgan fingerprint density at radius 3 is 2.69 bits per heavy atom. The van der Waals surface area contributed by atoms with Crippen LogP contribution in [0.5, 0.6) is 0 Å². The number of thiazole rings is 1. The minimum Gasteiger partial charge on any atom is -0.452 e. The molecule has 1 N–H and O–H groups in total. The Morgan fingerprint density at radius 1 is 1.19 bits per heavy atom. The molecular weight excluding hydrogens is 348 g/mol. The smallest absolute Gasteiger partial charge is 0.338 e. The highest BCUT2D eigenvalue weighted by Gasteiger charge is 2.15. The van der Waals surface area contributed by atoms with Gasteiger partial charge in [0, 0.05) is 0 Å². The fraction of sp³-hybridized carbons (Fsp3) is 0.250. The fourth-order valence-corrected chi connectivity index (χ4v) is 3.37. The zero-order valence-corrected chi connectivity index (χ0v) is 15.5. The quantitative estimate of drug-likeness (QED) is 0.667. The zero-order chi connectivity index (χ0) is 18.5. The standard InChI is InChI=1S/C20H20N2O3S/c1-3-16(14-6-4-13(2)5-7-14)22-19(23)11-25-20(24)15-8-9-17-18(10-15)26-12-21-17/h4-10,12,16H,3,11H2,1-2H3,(H,22,23)/t16-/m1/s1. The van der Waals surface area contributed by atoms with E-state index in [1.54, 1.807) is 23.7 Å². The lowest BCUT2D eigenvalue weighted by atomic mass is 10.0. The lowest BCUT2D eigenvalue weighted by Gasteiger charge is -2.17. The van der Waals surface area contributed by atoms with E-state index in [1.165, 1.54) is 16.9 Å². The number of fused-ring (bicyclic) bond motifs is 1. The number of rotatable bonds is 6. The van der Waals surface area contributed by atoms with Crippen LogP contribution in [0.4, 0.5) is 0 Å². The normalized spacial score (nSPS) is 11.9. The molecule has 0 radical (unpaired) electrons.